The molecule has 128 valence electrons. The zero-order valence-corrected chi connectivity index (χ0v) is 13.4. The van der Waals surface area contributed by atoms with Crippen molar-refractivity contribution in [3.8, 4) is 0 Å². The Hall–Kier alpha value is -1.90. The van der Waals surface area contributed by atoms with Crippen molar-refractivity contribution in [1.82, 2.24) is 0 Å². The van der Waals surface area contributed by atoms with Crippen LogP contribution in [0.2, 0.25) is 0 Å². The first-order valence-electron chi connectivity index (χ1n) is 7.10. The summed E-state index contributed by atoms with van der Waals surface area (Å²) in [5, 5.41) is 0.775. The molecule has 1 saturated carbocycles. The first-order chi connectivity index (χ1) is 10.8. The average molecular weight is 346 g/mol. The van der Waals surface area contributed by atoms with E-state index in [9.17, 15) is 22.8 Å². The Bertz CT molecular complexity index is 623. The van der Waals surface area contributed by atoms with E-state index in [1.165, 1.54) is 7.11 Å². The molecule has 2 fully saturated rings. The maximum Gasteiger partial charge on any atom is 0.310 e. The van der Waals surface area contributed by atoms with Crippen molar-refractivity contribution in [2.24, 2.45) is 11.8 Å². The van der Waals surface area contributed by atoms with E-state index in [1.807, 2.05) is 0 Å². The third-order valence-electron chi connectivity index (χ3n) is 4.07. The van der Waals surface area contributed by atoms with Gasteiger partial charge in [-0.3, -0.25) is 14.4 Å². The smallest absolute Gasteiger partial charge is 0.310 e. The van der Waals surface area contributed by atoms with Gasteiger partial charge in [-0.15, -0.1) is 0 Å². The highest BCUT2D eigenvalue weighted by Gasteiger charge is 2.53. The van der Waals surface area contributed by atoms with E-state index in [-0.39, 0.29) is 19.3 Å². The van der Waals surface area contributed by atoms with Gasteiger partial charge in [-0.25, -0.2) is 8.42 Å². The van der Waals surface area contributed by atoms with Crippen LogP contribution in [0.15, 0.2) is 12.0 Å². The molecule has 0 aromatic heterocycles. The second kappa shape index (κ2) is 6.69. The molecule has 2 rings (SSSR count). The van der Waals surface area contributed by atoms with Crippen molar-refractivity contribution >= 4 is 27.7 Å². The van der Waals surface area contributed by atoms with Crippen LogP contribution in [0, 0.1) is 11.8 Å². The number of carbonyl (C=O) groups excluding carboxylic acids is 3. The summed E-state index contributed by atoms with van der Waals surface area (Å²) in [7, 11) is -2.28. The predicted octanol–water partition coefficient (Wildman–Crippen LogP) is -0.0288. The molecule has 0 radical (unpaired) electrons. The molecule has 0 spiro atoms. The van der Waals surface area contributed by atoms with E-state index in [2.05, 4.69) is 11.3 Å². The normalized spacial score (nSPS) is 29.5. The summed E-state index contributed by atoms with van der Waals surface area (Å²) in [5.74, 6) is -3.49. The van der Waals surface area contributed by atoms with Crippen LogP contribution in [0.25, 0.3) is 0 Å². The minimum absolute atomic E-state index is 0.119. The Morgan fingerprint density at radius 2 is 2.09 bits per heavy atom. The third-order valence-corrected chi connectivity index (χ3v) is 5.36. The second-order valence-corrected chi connectivity index (χ2v) is 7.56. The van der Waals surface area contributed by atoms with E-state index in [0.29, 0.717) is 0 Å². The molecule has 1 saturated heterocycles. The van der Waals surface area contributed by atoms with Gasteiger partial charge in [-0.2, -0.15) is 0 Å². The first-order valence-corrected chi connectivity index (χ1v) is 8.82. The number of carbonyl (C=O) groups is 3. The summed E-state index contributed by atoms with van der Waals surface area (Å²) >= 11 is 0. The van der Waals surface area contributed by atoms with Crippen LogP contribution in [0.3, 0.4) is 0 Å². The number of ether oxygens (including phenoxy) is 3. The number of hydrogen-bond acceptors (Lipinski definition) is 8. The molecule has 1 aliphatic carbocycles. The molecule has 1 aliphatic heterocycles. The quantitative estimate of drug-likeness (QED) is 0.487. The Morgan fingerprint density at radius 1 is 1.39 bits per heavy atom. The lowest BCUT2D eigenvalue weighted by Gasteiger charge is -2.29. The summed E-state index contributed by atoms with van der Waals surface area (Å²) in [6.45, 7) is 3.15. The second-order valence-electron chi connectivity index (χ2n) is 5.49. The molecule has 2 aliphatic rings. The van der Waals surface area contributed by atoms with Gasteiger partial charge >= 0.3 is 17.9 Å². The number of methoxy groups -OCH3 is 1. The van der Waals surface area contributed by atoms with E-state index < -0.39 is 57.5 Å². The SMILES string of the molecule is C=CS(=O)(=O)CCC(=O)OC1CC(C(=O)OC)C2CC1OC2=O. The summed E-state index contributed by atoms with van der Waals surface area (Å²) in [5.41, 5.74) is 0. The lowest BCUT2D eigenvalue weighted by Crippen LogP contribution is -2.40. The Labute approximate surface area is 133 Å². The highest BCUT2D eigenvalue weighted by atomic mass is 32.2. The van der Waals surface area contributed by atoms with E-state index >= 15 is 0 Å². The molecule has 1 heterocycles. The lowest BCUT2D eigenvalue weighted by atomic mass is 9.78. The minimum Gasteiger partial charge on any atom is -0.469 e. The molecule has 9 heteroatoms. The zero-order valence-electron chi connectivity index (χ0n) is 12.6. The fourth-order valence-corrected chi connectivity index (χ4v) is 3.44. The van der Waals surface area contributed by atoms with Crippen LogP contribution in [-0.4, -0.2) is 51.4 Å². The summed E-state index contributed by atoms with van der Waals surface area (Å²) < 4.78 is 37.6. The van der Waals surface area contributed by atoms with E-state index in [1.54, 1.807) is 0 Å². The fourth-order valence-electron chi connectivity index (χ4n) is 2.83. The maximum atomic E-state index is 11.8. The number of esters is 3. The van der Waals surface area contributed by atoms with E-state index in [0.717, 1.165) is 5.41 Å². The molecular formula is C14H18O8S. The minimum atomic E-state index is -3.50. The highest BCUT2D eigenvalue weighted by Crippen LogP contribution is 2.40. The van der Waals surface area contributed by atoms with Gasteiger partial charge in [0.15, 0.2) is 9.84 Å². The molecular weight excluding hydrogens is 328 g/mol. The van der Waals surface area contributed by atoms with Crippen molar-refractivity contribution in [2.45, 2.75) is 31.5 Å². The van der Waals surface area contributed by atoms with Crippen LogP contribution in [-0.2, 0) is 38.4 Å². The monoisotopic (exact) mass is 346 g/mol. The predicted molar refractivity (Wildman–Crippen MR) is 76.6 cm³/mol. The van der Waals surface area contributed by atoms with Gasteiger partial charge in [0, 0.05) is 18.2 Å². The molecule has 23 heavy (non-hydrogen) atoms. The van der Waals surface area contributed by atoms with Crippen LogP contribution in [0.4, 0.5) is 0 Å². The van der Waals surface area contributed by atoms with Gasteiger partial charge in [0.1, 0.15) is 12.2 Å². The third kappa shape index (κ3) is 3.90. The number of sulfone groups is 1. The topological polar surface area (TPSA) is 113 Å². The van der Waals surface area contributed by atoms with Crippen LogP contribution in [0.1, 0.15) is 19.3 Å². The summed E-state index contributed by atoms with van der Waals surface area (Å²) in [4.78, 5) is 35.3. The van der Waals surface area contributed by atoms with Gasteiger partial charge in [0.05, 0.1) is 31.1 Å². The van der Waals surface area contributed by atoms with E-state index in [4.69, 9.17) is 9.47 Å². The Morgan fingerprint density at radius 3 is 2.70 bits per heavy atom. The number of fused-ring (bicyclic) bond motifs is 2. The molecule has 8 nitrogen and oxygen atoms in total. The maximum absolute atomic E-state index is 11.8. The number of hydrogen-bond donors (Lipinski definition) is 0. The Kier molecular flexibility index (Phi) is 5.08. The standard InChI is InChI=1S/C14H18O8S/c1-3-23(18,19)5-4-12(15)21-10-6-8(13(16)20-2)9-7-11(10)22-14(9)17/h3,8-11H,1,4-7H2,2H3. The van der Waals surface area contributed by atoms with Gasteiger partial charge in [-0.05, 0) is 0 Å². The van der Waals surface area contributed by atoms with Crippen molar-refractivity contribution in [2.75, 3.05) is 12.9 Å². The lowest BCUT2D eigenvalue weighted by molar-refractivity contribution is -0.162. The Balaban J connectivity index is 1.99. The summed E-state index contributed by atoms with van der Waals surface area (Å²) in [6.07, 6.45) is -1.32. The van der Waals surface area contributed by atoms with Crippen LogP contribution in [0.5, 0.6) is 0 Å². The van der Waals surface area contributed by atoms with Crippen molar-refractivity contribution < 1.29 is 37.0 Å². The zero-order chi connectivity index (χ0) is 17.2. The first kappa shape index (κ1) is 17.5. The van der Waals surface area contributed by atoms with Crippen LogP contribution >= 0.6 is 0 Å². The molecule has 0 aromatic rings. The molecule has 0 aromatic carbocycles. The average Bonchev–Trinajstić information content (AvgIpc) is 2.85. The van der Waals surface area contributed by atoms with Crippen molar-refractivity contribution in [3.05, 3.63) is 12.0 Å². The summed E-state index contributed by atoms with van der Waals surface area (Å²) in [6, 6.07) is 0. The van der Waals surface area contributed by atoms with Gasteiger partial charge in [0.2, 0.25) is 0 Å². The van der Waals surface area contributed by atoms with Gasteiger partial charge in [0.25, 0.3) is 0 Å². The molecule has 0 N–H and O–H groups in total. The molecule has 2 bridgehead atoms. The van der Waals surface area contributed by atoms with Crippen LogP contribution < -0.4 is 0 Å². The highest BCUT2D eigenvalue weighted by molar-refractivity contribution is 7.94. The fraction of sp³-hybridized carbons (Fsp3) is 0.643. The van der Waals surface area contributed by atoms with Gasteiger partial charge < -0.3 is 14.2 Å². The van der Waals surface area contributed by atoms with Gasteiger partial charge in [-0.1, -0.05) is 6.58 Å². The molecule has 4 unspecified atom stereocenters. The molecule has 4 atom stereocenters. The van der Waals surface area contributed by atoms with Crippen molar-refractivity contribution in [3.63, 3.8) is 0 Å². The molecule has 0 amide bonds. The van der Waals surface area contributed by atoms with Crippen molar-refractivity contribution in [1.29, 1.82) is 0 Å². The number of rotatable bonds is 6. The largest absolute Gasteiger partial charge is 0.469 e.